The predicted molar refractivity (Wildman–Crippen MR) is 120 cm³/mol. The van der Waals surface area contributed by atoms with Gasteiger partial charge in [-0.05, 0) is 30.5 Å². The quantitative estimate of drug-likeness (QED) is 0.294. The molecule has 0 aliphatic rings. The number of hydrogen-bond acceptors (Lipinski definition) is 7. The number of benzene rings is 1. The van der Waals surface area contributed by atoms with Crippen LogP contribution in [0.2, 0.25) is 5.02 Å². The highest BCUT2D eigenvalue weighted by Crippen LogP contribution is 2.09. The van der Waals surface area contributed by atoms with Gasteiger partial charge in [0, 0.05) is 31.2 Å². The zero-order valence-corrected chi connectivity index (χ0v) is 19.4. The van der Waals surface area contributed by atoms with Crippen LogP contribution in [-0.4, -0.2) is 62.2 Å². The van der Waals surface area contributed by atoms with Crippen molar-refractivity contribution < 1.29 is 27.6 Å². The van der Waals surface area contributed by atoms with E-state index in [2.05, 4.69) is 16.0 Å². The average Bonchev–Trinajstić information content (AvgIpc) is 2.72. The zero-order valence-electron chi connectivity index (χ0n) is 17.8. The lowest BCUT2D eigenvalue weighted by Gasteiger charge is -2.22. The smallest absolute Gasteiger partial charge is 0.243 e. The van der Waals surface area contributed by atoms with Gasteiger partial charge in [-0.15, -0.1) is 0 Å². The first-order chi connectivity index (χ1) is 14.9. The highest BCUT2D eigenvalue weighted by atomic mass is 35.5. The van der Waals surface area contributed by atoms with Gasteiger partial charge in [0.2, 0.25) is 17.7 Å². The molecule has 0 bridgehead atoms. The Balaban J connectivity index is 2.90. The summed E-state index contributed by atoms with van der Waals surface area (Å²) in [7, 11) is -3.39. The van der Waals surface area contributed by atoms with E-state index in [4.69, 9.17) is 17.0 Å². The number of carbonyl (C=O) groups is 4. The lowest BCUT2D eigenvalue weighted by Crippen LogP contribution is -2.53. The van der Waals surface area contributed by atoms with Crippen molar-refractivity contribution >= 4 is 51.2 Å². The summed E-state index contributed by atoms with van der Waals surface area (Å²) in [6, 6.07) is 4.44. The van der Waals surface area contributed by atoms with Crippen molar-refractivity contribution in [3.63, 3.8) is 0 Å². The molecule has 176 valence electrons. The van der Waals surface area contributed by atoms with E-state index in [1.165, 1.54) is 6.92 Å². The van der Waals surface area contributed by atoms with Crippen molar-refractivity contribution in [3.05, 3.63) is 34.9 Å². The van der Waals surface area contributed by atoms with Crippen molar-refractivity contribution in [1.29, 1.82) is 5.41 Å². The van der Waals surface area contributed by atoms with Crippen LogP contribution in [0.3, 0.4) is 0 Å². The van der Waals surface area contributed by atoms with Gasteiger partial charge < -0.3 is 21.4 Å². The van der Waals surface area contributed by atoms with Crippen molar-refractivity contribution in [2.45, 2.75) is 44.8 Å². The molecule has 1 aromatic rings. The molecule has 0 heterocycles. The monoisotopic (exact) mass is 486 g/mol. The van der Waals surface area contributed by atoms with Crippen molar-refractivity contribution in [1.82, 2.24) is 16.0 Å². The van der Waals surface area contributed by atoms with Gasteiger partial charge in [-0.2, -0.15) is 0 Å². The summed E-state index contributed by atoms with van der Waals surface area (Å²) in [6.45, 7) is 1.32. The summed E-state index contributed by atoms with van der Waals surface area (Å²) in [4.78, 5) is 48.3. The molecular formula is C20H27ClN4O6S. The Labute approximate surface area is 191 Å². The van der Waals surface area contributed by atoms with E-state index >= 15 is 0 Å². The normalized spacial score (nSPS) is 12.8. The molecule has 2 atom stereocenters. The number of halogens is 1. The fourth-order valence-corrected chi connectivity index (χ4v) is 3.45. The van der Waals surface area contributed by atoms with Gasteiger partial charge in [0.25, 0.3) is 0 Å². The van der Waals surface area contributed by atoms with Gasteiger partial charge in [-0.25, -0.2) is 8.42 Å². The molecule has 0 spiro atoms. The van der Waals surface area contributed by atoms with Crippen LogP contribution < -0.4 is 16.0 Å². The number of carbonyl (C=O) groups excluding carboxylic acids is 4. The maximum atomic E-state index is 12.7. The van der Waals surface area contributed by atoms with Crippen LogP contribution in [0.4, 0.5) is 0 Å². The van der Waals surface area contributed by atoms with E-state index < -0.39 is 45.4 Å². The summed E-state index contributed by atoms with van der Waals surface area (Å²) in [6.07, 6.45) is 1.22. The standard InChI is InChI=1S/C20H27ClN4O6S/c1-13(26)24-18(9-10-32(2,30)31)20(29)25-17(8-7-16(27)11-22)19(28)23-12-14-3-5-15(21)6-4-14/h3-6,11,17-18,22H,7-10,12H2,1-2H3,(H,23,28)(H,24,26)(H,25,29)/t17-,18-/m0/s1. The van der Waals surface area contributed by atoms with Gasteiger partial charge in [0.1, 0.15) is 21.9 Å². The topological polar surface area (TPSA) is 162 Å². The summed E-state index contributed by atoms with van der Waals surface area (Å²) in [5.74, 6) is -2.73. The Bertz CT molecular complexity index is 949. The molecule has 1 rings (SSSR count). The number of hydrogen-bond donors (Lipinski definition) is 4. The van der Waals surface area contributed by atoms with Gasteiger partial charge >= 0.3 is 0 Å². The minimum absolute atomic E-state index is 0.0781. The molecular weight excluding hydrogens is 460 g/mol. The van der Waals surface area contributed by atoms with Crippen molar-refractivity contribution in [2.75, 3.05) is 12.0 Å². The summed E-state index contributed by atoms with van der Waals surface area (Å²) >= 11 is 5.83. The average molecular weight is 487 g/mol. The van der Waals surface area contributed by atoms with Crippen LogP contribution in [-0.2, 0) is 35.6 Å². The molecule has 4 N–H and O–H groups in total. The number of ketones is 1. The molecule has 0 saturated carbocycles. The van der Waals surface area contributed by atoms with Crippen molar-refractivity contribution in [2.24, 2.45) is 0 Å². The maximum Gasteiger partial charge on any atom is 0.243 e. The third-order valence-corrected chi connectivity index (χ3v) is 5.55. The Hall–Kier alpha value is -2.79. The summed E-state index contributed by atoms with van der Waals surface area (Å²) < 4.78 is 22.9. The van der Waals surface area contributed by atoms with Crippen LogP contribution >= 0.6 is 11.6 Å². The van der Waals surface area contributed by atoms with Crippen LogP contribution in [0.5, 0.6) is 0 Å². The molecule has 12 heteroatoms. The fourth-order valence-electron chi connectivity index (χ4n) is 2.66. The fraction of sp³-hybridized carbons (Fsp3) is 0.450. The van der Waals surface area contributed by atoms with E-state index in [1.54, 1.807) is 24.3 Å². The summed E-state index contributed by atoms with van der Waals surface area (Å²) in [5, 5.41) is 15.0. The van der Waals surface area contributed by atoms with Crippen LogP contribution in [0.15, 0.2) is 24.3 Å². The first-order valence-electron chi connectivity index (χ1n) is 9.72. The first-order valence-corrected chi connectivity index (χ1v) is 12.2. The minimum Gasteiger partial charge on any atom is -0.350 e. The number of Topliss-reactive ketones (excluding diaryl/α,β-unsaturated/α-hetero) is 1. The second-order valence-electron chi connectivity index (χ2n) is 7.23. The maximum absolute atomic E-state index is 12.7. The highest BCUT2D eigenvalue weighted by molar-refractivity contribution is 7.90. The van der Waals surface area contributed by atoms with Gasteiger partial charge in [0.15, 0.2) is 5.78 Å². The van der Waals surface area contributed by atoms with E-state index in [0.29, 0.717) is 11.2 Å². The molecule has 0 aliphatic heterocycles. The lowest BCUT2D eigenvalue weighted by atomic mass is 10.1. The predicted octanol–water partition coefficient (Wildman–Crippen LogP) is 0.379. The minimum atomic E-state index is -3.39. The molecule has 32 heavy (non-hydrogen) atoms. The summed E-state index contributed by atoms with van der Waals surface area (Å²) in [5.41, 5.74) is 0.757. The zero-order chi connectivity index (χ0) is 24.3. The first kappa shape index (κ1) is 27.2. The molecule has 3 amide bonds. The van der Waals surface area contributed by atoms with Gasteiger partial charge in [-0.1, -0.05) is 23.7 Å². The number of amides is 3. The second kappa shape index (κ2) is 12.9. The molecule has 0 aliphatic carbocycles. The largest absolute Gasteiger partial charge is 0.350 e. The molecule has 0 fully saturated rings. The highest BCUT2D eigenvalue weighted by Gasteiger charge is 2.27. The van der Waals surface area contributed by atoms with Crippen LogP contribution in [0.1, 0.15) is 31.7 Å². The third-order valence-electron chi connectivity index (χ3n) is 4.32. The molecule has 10 nitrogen and oxygen atoms in total. The molecule has 1 aromatic carbocycles. The Morgan fingerprint density at radius 2 is 1.62 bits per heavy atom. The third kappa shape index (κ3) is 11.0. The number of nitrogens with one attached hydrogen (secondary N) is 4. The van der Waals surface area contributed by atoms with Crippen LogP contribution in [0, 0.1) is 5.41 Å². The SMILES string of the molecule is CC(=O)N[C@@H](CCS(C)(=O)=O)C(=O)N[C@@H](CCC(=O)C=N)C(=O)NCc1ccc(Cl)cc1. The van der Waals surface area contributed by atoms with E-state index in [1.807, 2.05) is 0 Å². The number of sulfone groups is 1. The van der Waals surface area contributed by atoms with Gasteiger partial charge in [0.05, 0.1) is 12.0 Å². The number of rotatable bonds is 13. The molecule has 0 unspecified atom stereocenters. The lowest BCUT2D eigenvalue weighted by molar-refractivity contribution is -0.132. The van der Waals surface area contributed by atoms with E-state index in [0.717, 1.165) is 11.8 Å². The van der Waals surface area contributed by atoms with Crippen LogP contribution in [0.25, 0.3) is 0 Å². The van der Waals surface area contributed by atoms with Gasteiger partial charge in [-0.3, -0.25) is 19.2 Å². The molecule has 0 radical (unpaired) electrons. The second-order valence-corrected chi connectivity index (χ2v) is 9.92. The van der Waals surface area contributed by atoms with Crippen molar-refractivity contribution in [3.8, 4) is 0 Å². The van der Waals surface area contributed by atoms with E-state index in [9.17, 15) is 27.6 Å². The van der Waals surface area contributed by atoms with E-state index in [-0.39, 0.29) is 31.6 Å². The Morgan fingerprint density at radius 3 is 2.16 bits per heavy atom. The molecule has 0 saturated heterocycles. The Kier molecular flexibility index (Phi) is 11.0. The Morgan fingerprint density at radius 1 is 1.03 bits per heavy atom. The molecule has 0 aromatic heterocycles.